The van der Waals surface area contributed by atoms with Gasteiger partial charge in [-0.25, -0.2) is 0 Å². The van der Waals surface area contributed by atoms with Gasteiger partial charge < -0.3 is 5.32 Å². The highest BCUT2D eigenvalue weighted by Gasteiger charge is 2.12. The van der Waals surface area contributed by atoms with Crippen molar-refractivity contribution in [3.05, 3.63) is 51.6 Å². The van der Waals surface area contributed by atoms with Gasteiger partial charge in [-0.05, 0) is 18.6 Å². The van der Waals surface area contributed by atoms with Gasteiger partial charge in [0.15, 0.2) is 0 Å². The first-order valence-corrected chi connectivity index (χ1v) is 5.83. The number of alkyl halides is 1. The first-order valence-electron chi connectivity index (χ1n) is 5.30. The molecule has 0 aromatic heterocycles. The van der Waals surface area contributed by atoms with Crippen LogP contribution in [0.3, 0.4) is 0 Å². The number of nitrogens with zero attached hydrogens (tertiary/aromatic N) is 1. The Morgan fingerprint density at radius 3 is 2.78 bits per heavy atom. The molecule has 0 aliphatic heterocycles. The van der Waals surface area contributed by atoms with Gasteiger partial charge in [0.2, 0.25) is 0 Å². The first-order chi connectivity index (χ1) is 8.54. The minimum absolute atomic E-state index is 0.0866. The Bertz CT molecular complexity index is 486. The molecule has 96 valence electrons. The van der Waals surface area contributed by atoms with E-state index in [1.807, 2.05) is 0 Å². The summed E-state index contributed by atoms with van der Waals surface area (Å²) in [6.45, 7) is 2.05. The highest BCUT2D eigenvalue weighted by molar-refractivity contribution is 6.18. The molecule has 1 aromatic rings. The molecule has 0 aliphatic rings. The molecule has 1 aromatic carbocycles. The third-order valence-electron chi connectivity index (χ3n) is 2.17. The summed E-state index contributed by atoms with van der Waals surface area (Å²) in [4.78, 5) is 21.9. The van der Waals surface area contributed by atoms with E-state index in [4.69, 9.17) is 11.6 Å². The van der Waals surface area contributed by atoms with E-state index in [1.165, 1.54) is 12.1 Å². The van der Waals surface area contributed by atoms with Gasteiger partial charge in [-0.15, -0.1) is 11.6 Å². The van der Waals surface area contributed by atoms with E-state index in [2.05, 4.69) is 5.32 Å². The number of nitro benzene ring substituents is 1. The largest absolute Gasteiger partial charge is 0.349 e. The number of benzene rings is 1. The summed E-state index contributed by atoms with van der Waals surface area (Å²) in [5.41, 5.74) is 0.864. The fourth-order valence-corrected chi connectivity index (χ4v) is 1.53. The van der Waals surface area contributed by atoms with Crippen molar-refractivity contribution in [3.63, 3.8) is 0 Å². The van der Waals surface area contributed by atoms with Crippen molar-refractivity contribution < 1.29 is 9.72 Å². The van der Waals surface area contributed by atoms with Crippen LogP contribution in [0.4, 0.5) is 5.69 Å². The number of nitrogens with one attached hydrogen (secondary N) is 1. The summed E-state index contributed by atoms with van der Waals surface area (Å²) >= 11 is 5.44. The van der Waals surface area contributed by atoms with Gasteiger partial charge in [0.25, 0.3) is 11.6 Å². The molecule has 0 spiro atoms. The van der Waals surface area contributed by atoms with Crippen LogP contribution < -0.4 is 5.32 Å². The lowest BCUT2D eigenvalue weighted by atomic mass is 10.1. The average molecular weight is 269 g/mol. The van der Waals surface area contributed by atoms with Crippen molar-refractivity contribution >= 4 is 23.2 Å². The van der Waals surface area contributed by atoms with Crippen molar-refractivity contribution in [1.82, 2.24) is 5.32 Å². The van der Waals surface area contributed by atoms with Crippen LogP contribution in [0.2, 0.25) is 0 Å². The lowest BCUT2D eigenvalue weighted by Crippen LogP contribution is -2.23. The Hall–Kier alpha value is -1.88. The zero-order valence-electron chi connectivity index (χ0n) is 9.85. The molecule has 1 rings (SSSR count). The molecule has 0 saturated heterocycles. The fraction of sp³-hybridized carbons (Fsp3) is 0.250. The lowest BCUT2D eigenvalue weighted by molar-refractivity contribution is -0.384. The van der Waals surface area contributed by atoms with E-state index in [0.717, 1.165) is 0 Å². The molecule has 1 amide bonds. The molecule has 0 fully saturated rings. The van der Waals surface area contributed by atoms with E-state index in [9.17, 15) is 14.9 Å². The predicted molar refractivity (Wildman–Crippen MR) is 70.0 cm³/mol. The number of carbonyl (C=O) groups is 1. The lowest BCUT2D eigenvalue weighted by Gasteiger charge is -2.03. The van der Waals surface area contributed by atoms with E-state index in [1.54, 1.807) is 25.1 Å². The fourth-order valence-electron chi connectivity index (χ4n) is 1.40. The van der Waals surface area contributed by atoms with Gasteiger partial charge in [0, 0.05) is 30.1 Å². The SMILES string of the molecule is Cc1cc(C(=O)NC/C=C/CCl)cc([N+](=O)[O-])c1. The highest BCUT2D eigenvalue weighted by atomic mass is 35.5. The maximum atomic E-state index is 11.7. The zero-order chi connectivity index (χ0) is 13.5. The number of hydrogen-bond donors (Lipinski definition) is 1. The summed E-state index contributed by atoms with van der Waals surface area (Å²) < 4.78 is 0. The molecule has 6 heteroatoms. The van der Waals surface area contributed by atoms with Gasteiger partial charge in [-0.3, -0.25) is 14.9 Å². The molecule has 5 nitrogen and oxygen atoms in total. The number of amides is 1. The van der Waals surface area contributed by atoms with E-state index in [-0.39, 0.29) is 17.2 Å². The third kappa shape index (κ3) is 4.18. The molecule has 1 N–H and O–H groups in total. The minimum Gasteiger partial charge on any atom is -0.349 e. The van der Waals surface area contributed by atoms with Crippen molar-refractivity contribution in [3.8, 4) is 0 Å². The van der Waals surface area contributed by atoms with Crippen molar-refractivity contribution in [1.29, 1.82) is 0 Å². The Balaban J connectivity index is 2.79. The van der Waals surface area contributed by atoms with Crippen molar-refractivity contribution in [2.45, 2.75) is 6.92 Å². The second kappa shape index (κ2) is 6.76. The van der Waals surface area contributed by atoms with Crippen LogP contribution in [0.15, 0.2) is 30.4 Å². The number of carbonyl (C=O) groups excluding carboxylic acids is 1. The maximum absolute atomic E-state index is 11.7. The molecule has 0 bridgehead atoms. The number of allylic oxidation sites excluding steroid dienone is 1. The topological polar surface area (TPSA) is 72.2 Å². The number of rotatable bonds is 5. The van der Waals surface area contributed by atoms with Gasteiger partial charge in [0.05, 0.1) is 4.92 Å². The molecular formula is C12H13ClN2O3. The van der Waals surface area contributed by atoms with Gasteiger partial charge in [-0.2, -0.15) is 0 Å². The monoisotopic (exact) mass is 268 g/mol. The average Bonchev–Trinajstić information content (AvgIpc) is 2.33. The normalized spacial score (nSPS) is 10.6. The molecule has 0 saturated carbocycles. The van der Waals surface area contributed by atoms with E-state index < -0.39 is 4.92 Å². The predicted octanol–water partition coefficient (Wildman–Crippen LogP) is 2.43. The summed E-state index contributed by atoms with van der Waals surface area (Å²) in [6, 6.07) is 4.28. The van der Waals surface area contributed by atoms with Gasteiger partial charge in [-0.1, -0.05) is 12.2 Å². The third-order valence-corrected chi connectivity index (χ3v) is 2.35. The van der Waals surface area contributed by atoms with Crippen LogP contribution >= 0.6 is 11.6 Å². The van der Waals surface area contributed by atoms with Crippen LogP contribution in [-0.4, -0.2) is 23.3 Å². The quantitative estimate of drug-likeness (QED) is 0.386. The highest BCUT2D eigenvalue weighted by Crippen LogP contribution is 2.16. The minimum atomic E-state index is -0.517. The molecule has 18 heavy (non-hydrogen) atoms. The Morgan fingerprint density at radius 2 is 2.17 bits per heavy atom. The second-order valence-corrected chi connectivity index (χ2v) is 3.96. The van der Waals surface area contributed by atoms with Crippen LogP contribution in [0.5, 0.6) is 0 Å². The van der Waals surface area contributed by atoms with E-state index >= 15 is 0 Å². The molecular weight excluding hydrogens is 256 g/mol. The standard InChI is InChI=1S/C12H13ClN2O3/c1-9-6-10(8-11(7-9)15(17)18)12(16)14-5-3-2-4-13/h2-3,6-8H,4-5H2,1H3,(H,14,16)/b3-2+. The first kappa shape index (κ1) is 14.2. The molecule has 0 aliphatic carbocycles. The smallest absolute Gasteiger partial charge is 0.270 e. The summed E-state index contributed by atoms with van der Waals surface area (Å²) in [6.07, 6.45) is 3.43. The number of nitro groups is 1. The van der Waals surface area contributed by atoms with Crippen LogP contribution in [0.1, 0.15) is 15.9 Å². The Morgan fingerprint density at radius 1 is 1.44 bits per heavy atom. The van der Waals surface area contributed by atoms with Crippen LogP contribution in [0.25, 0.3) is 0 Å². The number of halogens is 1. The zero-order valence-corrected chi connectivity index (χ0v) is 10.6. The van der Waals surface area contributed by atoms with Gasteiger partial charge >= 0.3 is 0 Å². The number of aryl methyl sites for hydroxylation is 1. The Labute approximate surface area is 110 Å². The molecule has 0 atom stereocenters. The maximum Gasteiger partial charge on any atom is 0.270 e. The summed E-state index contributed by atoms with van der Waals surface area (Å²) in [5.74, 6) is 0.0345. The molecule has 0 heterocycles. The Kier molecular flexibility index (Phi) is 5.32. The van der Waals surface area contributed by atoms with Crippen molar-refractivity contribution in [2.24, 2.45) is 0 Å². The molecule has 0 radical (unpaired) electrons. The van der Waals surface area contributed by atoms with Crippen molar-refractivity contribution in [2.75, 3.05) is 12.4 Å². The second-order valence-electron chi connectivity index (χ2n) is 3.65. The van der Waals surface area contributed by atoms with Gasteiger partial charge in [0.1, 0.15) is 0 Å². The van der Waals surface area contributed by atoms with E-state index in [0.29, 0.717) is 18.0 Å². The van der Waals surface area contributed by atoms with Crippen LogP contribution in [-0.2, 0) is 0 Å². The van der Waals surface area contributed by atoms with Crippen LogP contribution in [0, 0.1) is 17.0 Å². The molecule has 0 unspecified atom stereocenters. The number of non-ortho nitro benzene ring substituents is 1. The summed E-state index contributed by atoms with van der Waals surface area (Å²) in [5, 5.41) is 13.3. The summed E-state index contributed by atoms with van der Waals surface area (Å²) in [7, 11) is 0. The number of hydrogen-bond acceptors (Lipinski definition) is 3.